The van der Waals surface area contributed by atoms with E-state index in [1.54, 1.807) is 0 Å². The average molecular weight is 264 g/mol. The molecule has 1 rings (SSSR count). The molecule has 0 aromatic carbocycles. The molecule has 17 heavy (non-hydrogen) atoms. The van der Waals surface area contributed by atoms with E-state index in [0.717, 1.165) is 19.4 Å². The lowest BCUT2D eigenvalue weighted by Crippen LogP contribution is -2.41. The van der Waals surface area contributed by atoms with Gasteiger partial charge in [-0.3, -0.25) is 4.79 Å². The molecule has 0 unspecified atom stereocenters. The number of aliphatic carboxylic acids is 1. The molecule has 100 valence electrons. The molecule has 0 radical (unpaired) electrons. The van der Waals surface area contributed by atoms with Gasteiger partial charge in [0, 0.05) is 13.1 Å². The summed E-state index contributed by atoms with van der Waals surface area (Å²) in [6.45, 7) is 1.92. The largest absolute Gasteiger partial charge is 0.481 e. The fourth-order valence-electron chi connectivity index (χ4n) is 2.03. The molecule has 1 aliphatic rings. The van der Waals surface area contributed by atoms with Gasteiger partial charge in [0.05, 0.1) is 12.2 Å². The Bertz CT molecular complexity index is 347. The van der Waals surface area contributed by atoms with Gasteiger partial charge < -0.3 is 10.4 Å². The molecule has 0 aromatic heterocycles. The SMILES string of the molecule is CNCC1CCN(S(=O)(=O)CCC(=O)O)CC1. The molecule has 7 heteroatoms. The molecular formula is C10H20N2O4S. The number of nitrogens with one attached hydrogen (secondary N) is 1. The molecule has 0 amide bonds. The lowest BCUT2D eigenvalue weighted by Gasteiger charge is -2.30. The van der Waals surface area contributed by atoms with Gasteiger partial charge in [0.2, 0.25) is 10.0 Å². The zero-order valence-corrected chi connectivity index (χ0v) is 10.9. The molecule has 1 fully saturated rings. The Kier molecular flexibility index (Phi) is 5.35. The van der Waals surface area contributed by atoms with Crippen molar-refractivity contribution in [3.63, 3.8) is 0 Å². The van der Waals surface area contributed by atoms with E-state index in [0.29, 0.717) is 19.0 Å². The summed E-state index contributed by atoms with van der Waals surface area (Å²) >= 11 is 0. The third kappa shape index (κ3) is 4.61. The van der Waals surface area contributed by atoms with E-state index >= 15 is 0 Å². The first-order valence-electron chi connectivity index (χ1n) is 5.80. The van der Waals surface area contributed by atoms with Crippen LogP contribution >= 0.6 is 0 Å². The normalized spacial score (nSPS) is 19.4. The van der Waals surface area contributed by atoms with E-state index in [1.807, 2.05) is 7.05 Å². The van der Waals surface area contributed by atoms with E-state index in [2.05, 4.69) is 5.32 Å². The highest BCUT2D eigenvalue weighted by atomic mass is 32.2. The van der Waals surface area contributed by atoms with Crippen LogP contribution in [0.2, 0.25) is 0 Å². The van der Waals surface area contributed by atoms with E-state index in [1.165, 1.54) is 4.31 Å². The molecule has 1 heterocycles. The number of sulfonamides is 1. The van der Waals surface area contributed by atoms with Crippen LogP contribution in [0, 0.1) is 5.92 Å². The predicted molar refractivity (Wildman–Crippen MR) is 64.3 cm³/mol. The van der Waals surface area contributed by atoms with Gasteiger partial charge in [0.1, 0.15) is 0 Å². The summed E-state index contributed by atoms with van der Waals surface area (Å²) < 4.78 is 25.0. The minimum Gasteiger partial charge on any atom is -0.481 e. The minimum absolute atomic E-state index is 0.293. The van der Waals surface area contributed by atoms with Crippen molar-refractivity contribution in [2.75, 3.05) is 32.4 Å². The van der Waals surface area contributed by atoms with E-state index in [-0.39, 0.29) is 12.2 Å². The zero-order chi connectivity index (χ0) is 12.9. The molecule has 0 bridgehead atoms. The Balaban J connectivity index is 2.44. The monoisotopic (exact) mass is 264 g/mol. The molecule has 6 nitrogen and oxygen atoms in total. The van der Waals surface area contributed by atoms with Crippen LogP contribution in [-0.4, -0.2) is 56.2 Å². The minimum atomic E-state index is -3.38. The second-order valence-corrected chi connectivity index (χ2v) is 6.45. The van der Waals surface area contributed by atoms with Crippen molar-refractivity contribution < 1.29 is 18.3 Å². The van der Waals surface area contributed by atoms with Crippen molar-refractivity contribution in [2.24, 2.45) is 5.92 Å². The summed E-state index contributed by atoms with van der Waals surface area (Å²) in [5, 5.41) is 11.6. The number of nitrogens with zero attached hydrogens (tertiary/aromatic N) is 1. The highest BCUT2D eigenvalue weighted by molar-refractivity contribution is 7.89. The predicted octanol–water partition coefficient (Wildman–Crippen LogP) is -0.278. The zero-order valence-electron chi connectivity index (χ0n) is 10.1. The molecule has 0 aliphatic carbocycles. The summed E-state index contributed by atoms with van der Waals surface area (Å²) in [7, 11) is -1.50. The summed E-state index contributed by atoms with van der Waals surface area (Å²) in [5.74, 6) is -0.844. The summed E-state index contributed by atoms with van der Waals surface area (Å²) in [4.78, 5) is 10.4. The first-order valence-corrected chi connectivity index (χ1v) is 7.41. The number of carbonyl (C=O) groups is 1. The third-order valence-corrected chi connectivity index (χ3v) is 4.91. The second kappa shape index (κ2) is 6.32. The number of carboxylic acids is 1. The maximum Gasteiger partial charge on any atom is 0.304 e. The Morgan fingerprint density at radius 2 is 2.00 bits per heavy atom. The Morgan fingerprint density at radius 1 is 1.41 bits per heavy atom. The van der Waals surface area contributed by atoms with Gasteiger partial charge in [-0.05, 0) is 32.4 Å². The highest BCUT2D eigenvalue weighted by Crippen LogP contribution is 2.19. The molecular weight excluding hydrogens is 244 g/mol. The smallest absolute Gasteiger partial charge is 0.304 e. The first kappa shape index (κ1) is 14.4. The highest BCUT2D eigenvalue weighted by Gasteiger charge is 2.27. The number of hydrogen-bond acceptors (Lipinski definition) is 4. The van der Waals surface area contributed by atoms with Gasteiger partial charge in [-0.25, -0.2) is 12.7 Å². The van der Waals surface area contributed by atoms with Gasteiger partial charge in [-0.2, -0.15) is 0 Å². The number of carboxylic acid groups (broad SMARTS) is 1. The van der Waals surface area contributed by atoms with Gasteiger partial charge in [-0.15, -0.1) is 0 Å². The topological polar surface area (TPSA) is 86.7 Å². The molecule has 1 aliphatic heterocycles. The quantitative estimate of drug-likeness (QED) is 0.689. The molecule has 0 saturated carbocycles. The van der Waals surface area contributed by atoms with E-state index in [9.17, 15) is 13.2 Å². The average Bonchev–Trinajstić information content (AvgIpc) is 2.28. The van der Waals surface area contributed by atoms with Crippen molar-refractivity contribution in [3.8, 4) is 0 Å². The van der Waals surface area contributed by atoms with Crippen molar-refractivity contribution >= 4 is 16.0 Å². The maximum atomic E-state index is 11.8. The number of rotatable bonds is 6. The van der Waals surface area contributed by atoms with Crippen LogP contribution < -0.4 is 5.32 Å². The molecule has 2 N–H and O–H groups in total. The summed E-state index contributed by atoms with van der Waals surface area (Å²) in [6.07, 6.45) is 1.36. The third-order valence-electron chi connectivity index (χ3n) is 3.03. The standard InChI is InChI=1S/C10H20N2O4S/c1-11-8-9-2-5-12(6-3-9)17(15,16)7-4-10(13)14/h9,11H,2-8H2,1H3,(H,13,14). The summed E-state index contributed by atoms with van der Waals surface area (Å²) in [6, 6.07) is 0. The van der Waals surface area contributed by atoms with Crippen LogP contribution in [0.15, 0.2) is 0 Å². The van der Waals surface area contributed by atoms with Crippen LogP contribution in [0.5, 0.6) is 0 Å². The van der Waals surface area contributed by atoms with E-state index < -0.39 is 16.0 Å². The number of hydrogen-bond donors (Lipinski definition) is 2. The first-order chi connectivity index (χ1) is 7.95. The maximum absolute atomic E-state index is 11.8. The van der Waals surface area contributed by atoms with Crippen molar-refractivity contribution in [1.29, 1.82) is 0 Å². The lowest BCUT2D eigenvalue weighted by molar-refractivity contribution is -0.136. The fraction of sp³-hybridized carbons (Fsp3) is 0.900. The molecule has 0 atom stereocenters. The second-order valence-electron chi connectivity index (χ2n) is 4.36. The van der Waals surface area contributed by atoms with Gasteiger partial charge in [0.25, 0.3) is 0 Å². The Labute approximate surface area is 102 Å². The fourth-order valence-corrected chi connectivity index (χ4v) is 3.48. The van der Waals surface area contributed by atoms with Crippen molar-refractivity contribution in [3.05, 3.63) is 0 Å². The van der Waals surface area contributed by atoms with Gasteiger partial charge in [-0.1, -0.05) is 0 Å². The van der Waals surface area contributed by atoms with Gasteiger partial charge in [0.15, 0.2) is 0 Å². The Morgan fingerprint density at radius 3 is 2.47 bits per heavy atom. The molecule has 1 saturated heterocycles. The van der Waals surface area contributed by atoms with Gasteiger partial charge >= 0.3 is 5.97 Å². The van der Waals surface area contributed by atoms with Crippen LogP contribution in [0.3, 0.4) is 0 Å². The van der Waals surface area contributed by atoms with Crippen LogP contribution in [-0.2, 0) is 14.8 Å². The summed E-state index contributed by atoms with van der Waals surface area (Å²) in [5.41, 5.74) is 0. The van der Waals surface area contributed by atoms with Crippen LogP contribution in [0.25, 0.3) is 0 Å². The van der Waals surface area contributed by atoms with Crippen LogP contribution in [0.4, 0.5) is 0 Å². The van der Waals surface area contributed by atoms with Crippen molar-refractivity contribution in [1.82, 2.24) is 9.62 Å². The Hall–Kier alpha value is -0.660. The number of piperidine rings is 1. The lowest BCUT2D eigenvalue weighted by atomic mass is 9.98. The van der Waals surface area contributed by atoms with E-state index in [4.69, 9.17) is 5.11 Å². The van der Waals surface area contributed by atoms with Crippen molar-refractivity contribution in [2.45, 2.75) is 19.3 Å². The molecule has 0 spiro atoms. The van der Waals surface area contributed by atoms with Crippen LogP contribution in [0.1, 0.15) is 19.3 Å². The molecule has 0 aromatic rings.